The topological polar surface area (TPSA) is 85.4 Å². The molecule has 2 aromatic rings. The van der Waals surface area contributed by atoms with Crippen LogP contribution in [0.3, 0.4) is 0 Å². The lowest BCUT2D eigenvalue weighted by atomic mass is 9.87. The molecule has 2 aliphatic heterocycles. The fraction of sp³-hybridized carbons (Fsp3) is 0.474. The van der Waals surface area contributed by atoms with Gasteiger partial charge < -0.3 is 20.4 Å². The monoisotopic (exact) mass is 433 g/mol. The minimum absolute atomic E-state index is 0.187. The number of aromatic nitrogens is 2. The molecule has 0 bridgehead atoms. The number of rotatable bonds is 4. The number of nitrogen functional groups attached to an aromatic ring is 1. The number of likely N-dealkylation sites (tertiary alicyclic amines) is 1. The quantitative estimate of drug-likeness (QED) is 0.720. The summed E-state index contributed by atoms with van der Waals surface area (Å²) in [6.07, 6.45) is 3.86. The van der Waals surface area contributed by atoms with E-state index < -0.39 is 0 Å². The Kier molecular flexibility index (Phi) is 5.21. The molecule has 4 rings (SSSR count). The van der Waals surface area contributed by atoms with Crippen molar-refractivity contribution < 1.29 is 4.74 Å². The fourth-order valence-electron chi connectivity index (χ4n) is 3.82. The minimum atomic E-state index is -0.187. The van der Waals surface area contributed by atoms with Crippen LogP contribution in [0.2, 0.25) is 0 Å². The van der Waals surface area contributed by atoms with Gasteiger partial charge in [0.15, 0.2) is 5.82 Å². The van der Waals surface area contributed by atoms with Gasteiger partial charge in [0.2, 0.25) is 0 Å². The molecule has 0 aliphatic carbocycles. The zero-order valence-corrected chi connectivity index (χ0v) is 16.9. The van der Waals surface area contributed by atoms with Crippen LogP contribution < -0.4 is 16.6 Å². The molecule has 0 amide bonds. The Morgan fingerprint density at radius 3 is 2.67 bits per heavy atom. The van der Waals surface area contributed by atoms with Gasteiger partial charge in [0.05, 0.1) is 19.3 Å². The first-order valence-corrected chi connectivity index (χ1v) is 10.0. The Balaban J connectivity index is 1.46. The first-order valence-electron chi connectivity index (χ1n) is 9.22. The van der Waals surface area contributed by atoms with E-state index in [1.54, 1.807) is 13.2 Å². The molecule has 1 aromatic carbocycles. The van der Waals surface area contributed by atoms with Crippen molar-refractivity contribution in [2.24, 2.45) is 7.05 Å². The minimum Gasteiger partial charge on any atom is -0.398 e. The van der Waals surface area contributed by atoms with E-state index in [4.69, 9.17) is 10.5 Å². The molecule has 1 aromatic heterocycles. The predicted molar refractivity (Wildman–Crippen MR) is 109 cm³/mol. The zero-order chi connectivity index (χ0) is 19.0. The number of anilines is 3. The molecule has 2 aliphatic rings. The molecule has 8 heteroatoms. The lowest BCUT2D eigenvalue weighted by Crippen LogP contribution is -2.51. The Morgan fingerprint density at radius 1 is 1.30 bits per heavy atom. The SMILES string of the molecule is Cn1cc(Br)nc(Nc2ccc(C3CCN(C4COC4)CC3)c(N)c2)c1=O. The lowest BCUT2D eigenvalue weighted by molar-refractivity contribution is -0.0712. The molecule has 0 spiro atoms. The van der Waals surface area contributed by atoms with E-state index in [0.717, 1.165) is 50.5 Å². The van der Waals surface area contributed by atoms with Gasteiger partial charge in [-0.3, -0.25) is 9.69 Å². The summed E-state index contributed by atoms with van der Waals surface area (Å²) in [5, 5.41) is 3.09. The normalized spacial score (nSPS) is 19.0. The molecule has 144 valence electrons. The van der Waals surface area contributed by atoms with Gasteiger partial charge in [-0.1, -0.05) is 6.07 Å². The maximum Gasteiger partial charge on any atom is 0.293 e. The van der Waals surface area contributed by atoms with E-state index in [2.05, 4.69) is 37.2 Å². The summed E-state index contributed by atoms with van der Waals surface area (Å²) in [5.74, 6) is 0.753. The summed E-state index contributed by atoms with van der Waals surface area (Å²) in [7, 11) is 1.69. The van der Waals surface area contributed by atoms with Crippen molar-refractivity contribution in [3.05, 3.63) is 44.9 Å². The Morgan fingerprint density at radius 2 is 2.04 bits per heavy atom. The summed E-state index contributed by atoms with van der Waals surface area (Å²) >= 11 is 3.32. The van der Waals surface area contributed by atoms with Crippen molar-refractivity contribution in [1.29, 1.82) is 0 Å². The number of halogens is 1. The summed E-state index contributed by atoms with van der Waals surface area (Å²) in [5.41, 5.74) is 8.88. The molecule has 7 nitrogen and oxygen atoms in total. The summed E-state index contributed by atoms with van der Waals surface area (Å²) < 4.78 is 7.39. The number of ether oxygens (including phenoxy) is 1. The molecule has 2 saturated heterocycles. The first kappa shape index (κ1) is 18.5. The molecular weight excluding hydrogens is 410 g/mol. The summed E-state index contributed by atoms with van der Waals surface area (Å²) in [6, 6.07) is 6.55. The number of hydrogen-bond donors (Lipinski definition) is 2. The third-order valence-electron chi connectivity index (χ3n) is 5.50. The van der Waals surface area contributed by atoms with E-state index >= 15 is 0 Å². The van der Waals surface area contributed by atoms with Crippen LogP contribution in [0, 0.1) is 0 Å². The molecular formula is C19H24BrN5O2. The van der Waals surface area contributed by atoms with Crippen LogP contribution in [0.25, 0.3) is 0 Å². The lowest BCUT2D eigenvalue weighted by Gasteiger charge is -2.41. The predicted octanol–water partition coefficient (Wildman–Crippen LogP) is 2.45. The van der Waals surface area contributed by atoms with Crippen LogP contribution in [-0.4, -0.2) is 46.8 Å². The highest BCUT2D eigenvalue weighted by molar-refractivity contribution is 9.10. The van der Waals surface area contributed by atoms with Crippen LogP contribution in [0.1, 0.15) is 24.3 Å². The van der Waals surface area contributed by atoms with Crippen molar-refractivity contribution in [2.45, 2.75) is 24.8 Å². The standard InChI is InChI=1S/C19H24BrN5O2/c1-24-9-17(20)23-18(19(24)26)22-13-2-3-15(16(21)8-13)12-4-6-25(7-5-12)14-10-27-11-14/h2-3,8-9,12,14H,4-7,10-11,21H2,1H3,(H,22,23). The number of nitrogens with two attached hydrogens (primary N) is 1. The van der Waals surface area contributed by atoms with Gasteiger partial charge in [-0.25, -0.2) is 4.98 Å². The van der Waals surface area contributed by atoms with Gasteiger partial charge >= 0.3 is 0 Å². The number of nitrogens with zero attached hydrogens (tertiary/aromatic N) is 3. The zero-order valence-electron chi connectivity index (χ0n) is 15.3. The van der Waals surface area contributed by atoms with E-state index in [-0.39, 0.29) is 11.4 Å². The van der Waals surface area contributed by atoms with Crippen LogP contribution >= 0.6 is 15.9 Å². The highest BCUT2D eigenvalue weighted by atomic mass is 79.9. The van der Waals surface area contributed by atoms with Gasteiger partial charge in [-0.2, -0.15) is 0 Å². The fourth-order valence-corrected chi connectivity index (χ4v) is 4.31. The average Bonchev–Trinajstić information content (AvgIpc) is 2.59. The van der Waals surface area contributed by atoms with E-state index in [1.807, 2.05) is 12.1 Å². The Bertz CT molecular complexity index is 888. The van der Waals surface area contributed by atoms with Crippen molar-refractivity contribution in [3.8, 4) is 0 Å². The molecule has 0 saturated carbocycles. The van der Waals surface area contributed by atoms with Gasteiger partial charge in [0.1, 0.15) is 4.60 Å². The second kappa shape index (κ2) is 7.61. The molecule has 0 radical (unpaired) electrons. The number of aryl methyl sites for hydroxylation is 1. The van der Waals surface area contributed by atoms with Gasteiger partial charge in [0, 0.05) is 24.6 Å². The van der Waals surface area contributed by atoms with E-state index in [0.29, 0.717) is 16.6 Å². The van der Waals surface area contributed by atoms with Crippen LogP contribution in [0.15, 0.2) is 33.8 Å². The summed E-state index contributed by atoms with van der Waals surface area (Å²) in [6.45, 7) is 3.93. The molecule has 3 N–H and O–H groups in total. The first-order chi connectivity index (χ1) is 13.0. The van der Waals surface area contributed by atoms with E-state index in [9.17, 15) is 4.79 Å². The second-order valence-electron chi connectivity index (χ2n) is 7.30. The maximum absolute atomic E-state index is 12.2. The Hall–Kier alpha value is -1.90. The van der Waals surface area contributed by atoms with Gasteiger partial charge in [0.25, 0.3) is 5.56 Å². The van der Waals surface area contributed by atoms with Crippen LogP contribution in [0.4, 0.5) is 17.2 Å². The van der Waals surface area contributed by atoms with E-state index in [1.165, 1.54) is 10.1 Å². The average molecular weight is 434 g/mol. The van der Waals surface area contributed by atoms with Crippen molar-refractivity contribution in [1.82, 2.24) is 14.5 Å². The molecule has 0 unspecified atom stereocenters. The second-order valence-corrected chi connectivity index (χ2v) is 8.11. The molecule has 0 atom stereocenters. The van der Waals surface area contributed by atoms with Crippen molar-refractivity contribution >= 4 is 33.1 Å². The van der Waals surface area contributed by atoms with Crippen LogP contribution in [0.5, 0.6) is 0 Å². The van der Waals surface area contributed by atoms with Crippen LogP contribution in [-0.2, 0) is 11.8 Å². The number of piperidine rings is 1. The molecule has 2 fully saturated rings. The number of nitrogens with one attached hydrogen (secondary N) is 1. The van der Waals surface area contributed by atoms with Crippen molar-refractivity contribution in [2.75, 3.05) is 37.4 Å². The number of hydrogen-bond acceptors (Lipinski definition) is 6. The Labute approximate surface area is 166 Å². The largest absolute Gasteiger partial charge is 0.398 e. The molecule has 27 heavy (non-hydrogen) atoms. The third-order valence-corrected chi connectivity index (χ3v) is 5.88. The van der Waals surface area contributed by atoms with Gasteiger partial charge in [-0.15, -0.1) is 0 Å². The smallest absolute Gasteiger partial charge is 0.293 e. The third kappa shape index (κ3) is 3.88. The number of benzene rings is 1. The highest BCUT2D eigenvalue weighted by Crippen LogP contribution is 2.34. The highest BCUT2D eigenvalue weighted by Gasteiger charge is 2.30. The van der Waals surface area contributed by atoms with Crippen molar-refractivity contribution in [3.63, 3.8) is 0 Å². The summed E-state index contributed by atoms with van der Waals surface area (Å²) in [4.78, 5) is 19.0. The maximum atomic E-state index is 12.2. The van der Waals surface area contributed by atoms with Gasteiger partial charge in [-0.05, 0) is 65.5 Å². The molecule has 3 heterocycles.